The molecule has 4 heterocycles. The zero-order chi connectivity index (χ0) is 23.9. The van der Waals surface area contributed by atoms with Crippen LogP contribution in [0.15, 0.2) is 38.9 Å². The van der Waals surface area contributed by atoms with Crippen LogP contribution in [-0.2, 0) is 4.74 Å². The van der Waals surface area contributed by atoms with Crippen LogP contribution in [0.25, 0.3) is 0 Å². The van der Waals surface area contributed by atoms with E-state index in [1.54, 1.807) is 12.1 Å². The molecule has 34 heavy (non-hydrogen) atoms. The smallest absolute Gasteiger partial charge is 0.292 e. The van der Waals surface area contributed by atoms with E-state index in [0.29, 0.717) is 62.1 Å². The fourth-order valence-corrected chi connectivity index (χ4v) is 3.95. The van der Waals surface area contributed by atoms with Crippen molar-refractivity contribution in [2.45, 2.75) is 23.9 Å². The molecule has 0 bridgehead atoms. The summed E-state index contributed by atoms with van der Waals surface area (Å²) in [5.74, 6) is 1.28. The van der Waals surface area contributed by atoms with E-state index in [-0.39, 0.29) is 22.6 Å². The van der Waals surface area contributed by atoms with Crippen molar-refractivity contribution in [2.75, 3.05) is 55.5 Å². The normalized spacial score (nSPS) is 13.5. The molecule has 1 fully saturated rings. The molecule has 3 aromatic heterocycles. The fraction of sp³-hybridized carbons (Fsp3) is 0.381. The maximum Gasteiger partial charge on any atom is 0.292 e. The van der Waals surface area contributed by atoms with E-state index in [9.17, 15) is 4.79 Å². The van der Waals surface area contributed by atoms with Gasteiger partial charge in [-0.2, -0.15) is 9.97 Å². The first-order valence-corrected chi connectivity index (χ1v) is 11.6. The third kappa shape index (κ3) is 5.66. The number of carbonyl (C=O) groups is 1. The van der Waals surface area contributed by atoms with Crippen LogP contribution in [-0.4, -0.2) is 65.4 Å². The number of nitrogens with one attached hydrogen (secondary N) is 1. The second-order valence-corrected chi connectivity index (χ2v) is 7.90. The maximum absolute atomic E-state index is 12.3. The summed E-state index contributed by atoms with van der Waals surface area (Å²) < 4.78 is 22.2. The minimum absolute atomic E-state index is 0.149. The Hall–Kier alpha value is -3.58. The second kappa shape index (κ2) is 11.0. The largest absolute Gasteiger partial charge is 0.477 e. The summed E-state index contributed by atoms with van der Waals surface area (Å²) in [6, 6.07) is 4.62. The fourth-order valence-electron chi connectivity index (χ4n) is 3.09. The highest BCUT2D eigenvalue weighted by atomic mass is 32.2. The lowest BCUT2D eigenvalue weighted by molar-refractivity contribution is 0.0996. The Labute approximate surface area is 200 Å². The number of aromatic nitrogens is 4. The summed E-state index contributed by atoms with van der Waals surface area (Å²) in [6.07, 6.45) is 1.41. The molecule has 1 aliphatic rings. The molecule has 0 atom stereocenters. The van der Waals surface area contributed by atoms with E-state index in [1.807, 2.05) is 18.7 Å². The van der Waals surface area contributed by atoms with E-state index in [4.69, 9.17) is 24.4 Å². The topological polar surface area (TPSA) is 151 Å². The number of nitrogens with two attached hydrogens (primary N) is 1. The molecule has 3 N–H and O–H groups in total. The Morgan fingerprint density at radius 3 is 2.47 bits per heavy atom. The number of anilines is 3. The minimum atomic E-state index is -0.456. The highest BCUT2D eigenvalue weighted by molar-refractivity contribution is 7.99. The number of furan rings is 1. The summed E-state index contributed by atoms with van der Waals surface area (Å²) in [5, 5.41) is 2.92. The zero-order valence-electron chi connectivity index (χ0n) is 18.8. The average Bonchev–Trinajstić information content (AvgIpc) is 3.37. The molecular weight excluding hydrogens is 462 g/mol. The van der Waals surface area contributed by atoms with Gasteiger partial charge in [0.25, 0.3) is 5.91 Å². The van der Waals surface area contributed by atoms with Gasteiger partial charge in [-0.15, -0.1) is 0 Å². The average molecular weight is 488 g/mol. The van der Waals surface area contributed by atoms with Crippen molar-refractivity contribution in [3.05, 3.63) is 30.2 Å². The summed E-state index contributed by atoms with van der Waals surface area (Å²) in [7, 11) is 0. The van der Waals surface area contributed by atoms with Crippen LogP contribution < -0.4 is 25.4 Å². The number of morpholine rings is 1. The molecule has 0 saturated carbocycles. The first-order valence-electron chi connectivity index (χ1n) is 10.7. The van der Waals surface area contributed by atoms with Gasteiger partial charge >= 0.3 is 0 Å². The first-order chi connectivity index (χ1) is 16.6. The molecule has 3 aromatic rings. The molecular formula is C21H25N7O5S. The SMILES string of the molecule is CCOc1nc(N2CCOCC2)nc(OCC)c1Sc1nc(N)cc(NC(=O)c2ccco2)n1. The first kappa shape index (κ1) is 23.6. The Morgan fingerprint density at radius 2 is 1.85 bits per heavy atom. The Bertz CT molecular complexity index is 1100. The van der Waals surface area contributed by atoms with Crippen molar-refractivity contribution in [1.82, 2.24) is 19.9 Å². The van der Waals surface area contributed by atoms with E-state index in [2.05, 4.69) is 25.3 Å². The van der Waals surface area contributed by atoms with Crippen molar-refractivity contribution >= 4 is 35.3 Å². The van der Waals surface area contributed by atoms with Crippen molar-refractivity contribution in [3.8, 4) is 11.8 Å². The van der Waals surface area contributed by atoms with Crippen LogP contribution in [0.2, 0.25) is 0 Å². The molecule has 4 rings (SSSR count). The molecule has 1 saturated heterocycles. The number of ether oxygens (including phenoxy) is 3. The highest BCUT2D eigenvalue weighted by Gasteiger charge is 2.24. The Kier molecular flexibility index (Phi) is 7.65. The lowest BCUT2D eigenvalue weighted by Gasteiger charge is -2.27. The van der Waals surface area contributed by atoms with Crippen LogP contribution >= 0.6 is 11.8 Å². The van der Waals surface area contributed by atoms with Gasteiger partial charge in [0.05, 0.1) is 32.7 Å². The van der Waals surface area contributed by atoms with Crippen LogP contribution in [0.3, 0.4) is 0 Å². The molecule has 0 aliphatic carbocycles. The predicted molar refractivity (Wildman–Crippen MR) is 125 cm³/mol. The summed E-state index contributed by atoms with van der Waals surface area (Å²) in [4.78, 5) is 32.8. The van der Waals surface area contributed by atoms with Crippen LogP contribution in [0.4, 0.5) is 17.6 Å². The number of nitrogens with zero attached hydrogens (tertiary/aromatic N) is 5. The molecule has 0 unspecified atom stereocenters. The quantitative estimate of drug-likeness (QED) is 0.427. The standard InChI is InChI=1S/C21H25N7O5S/c1-3-31-18-16(19(32-4-2)27-20(26-18)28-7-10-30-11-8-28)34-21-23-14(22)12-15(25-21)24-17(29)13-6-5-9-33-13/h5-6,9,12H,3-4,7-8,10-11H2,1-2H3,(H3,22,23,24,25,29). The van der Waals surface area contributed by atoms with E-state index < -0.39 is 5.91 Å². The van der Waals surface area contributed by atoms with E-state index in [0.717, 1.165) is 11.8 Å². The number of carbonyl (C=O) groups excluding carboxylic acids is 1. The van der Waals surface area contributed by atoms with Gasteiger partial charge in [0.1, 0.15) is 16.5 Å². The number of hydrogen-bond acceptors (Lipinski definition) is 12. The van der Waals surface area contributed by atoms with Gasteiger partial charge in [0.15, 0.2) is 10.9 Å². The molecule has 12 nitrogen and oxygen atoms in total. The molecule has 0 aromatic carbocycles. The third-order valence-electron chi connectivity index (χ3n) is 4.55. The monoisotopic (exact) mass is 487 g/mol. The zero-order valence-corrected chi connectivity index (χ0v) is 19.6. The van der Waals surface area contributed by atoms with Crippen molar-refractivity contribution in [1.29, 1.82) is 0 Å². The number of hydrogen-bond donors (Lipinski definition) is 2. The van der Waals surface area contributed by atoms with Gasteiger partial charge in [0.2, 0.25) is 17.7 Å². The molecule has 1 amide bonds. The lowest BCUT2D eigenvalue weighted by Crippen LogP contribution is -2.37. The molecule has 0 radical (unpaired) electrons. The van der Waals surface area contributed by atoms with E-state index >= 15 is 0 Å². The van der Waals surface area contributed by atoms with Crippen molar-refractivity contribution in [3.63, 3.8) is 0 Å². The maximum atomic E-state index is 12.3. The number of rotatable bonds is 9. The Balaban J connectivity index is 1.65. The van der Waals surface area contributed by atoms with Crippen LogP contribution in [0, 0.1) is 0 Å². The molecule has 0 spiro atoms. The van der Waals surface area contributed by atoms with Gasteiger partial charge in [-0.1, -0.05) is 0 Å². The summed E-state index contributed by atoms with van der Waals surface area (Å²) in [5.41, 5.74) is 5.97. The van der Waals surface area contributed by atoms with Crippen LogP contribution in [0.1, 0.15) is 24.4 Å². The number of amides is 1. The summed E-state index contributed by atoms with van der Waals surface area (Å²) in [6.45, 7) is 7.03. The highest BCUT2D eigenvalue weighted by Crippen LogP contribution is 2.40. The molecule has 13 heteroatoms. The summed E-state index contributed by atoms with van der Waals surface area (Å²) >= 11 is 1.13. The van der Waals surface area contributed by atoms with Crippen LogP contribution in [0.5, 0.6) is 11.8 Å². The van der Waals surface area contributed by atoms with Gasteiger partial charge in [-0.25, -0.2) is 9.97 Å². The van der Waals surface area contributed by atoms with Crippen molar-refractivity contribution < 1.29 is 23.4 Å². The van der Waals surface area contributed by atoms with E-state index in [1.165, 1.54) is 12.3 Å². The number of nitrogen functional groups attached to an aromatic ring is 1. The van der Waals surface area contributed by atoms with Gasteiger partial charge < -0.3 is 34.6 Å². The Morgan fingerprint density at radius 1 is 1.15 bits per heavy atom. The van der Waals surface area contributed by atoms with Gasteiger partial charge in [-0.3, -0.25) is 4.79 Å². The predicted octanol–water partition coefficient (Wildman–Crippen LogP) is 2.48. The lowest BCUT2D eigenvalue weighted by atomic mass is 10.4. The molecule has 1 aliphatic heterocycles. The minimum Gasteiger partial charge on any atom is -0.477 e. The third-order valence-corrected chi connectivity index (χ3v) is 5.47. The van der Waals surface area contributed by atoms with Crippen molar-refractivity contribution in [2.24, 2.45) is 0 Å². The van der Waals surface area contributed by atoms with Gasteiger partial charge in [0, 0.05) is 19.2 Å². The second-order valence-electron chi connectivity index (χ2n) is 6.92. The molecule has 180 valence electrons. The van der Waals surface area contributed by atoms with Gasteiger partial charge in [-0.05, 0) is 37.7 Å².